The van der Waals surface area contributed by atoms with Crippen molar-refractivity contribution in [2.24, 2.45) is 0 Å². The third-order valence-electron chi connectivity index (χ3n) is 3.98. The van der Waals surface area contributed by atoms with Crippen molar-refractivity contribution in [2.45, 2.75) is 38.8 Å². The number of rotatable bonds is 7. The lowest BCUT2D eigenvalue weighted by atomic mass is 10.0. The Hall–Kier alpha value is -1.84. The summed E-state index contributed by atoms with van der Waals surface area (Å²) < 4.78 is 4.69. The molecule has 0 radical (unpaired) electrons. The van der Waals surface area contributed by atoms with Crippen LogP contribution in [0.25, 0.3) is 0 Å². The molecule has 24 heavy (non-hydrogen) atoms. The van der Waals surface area contributed by atoms with Crippen molar-refractivity contribution >= 4 is 18.4 Å². The molecule has 1 N–H and O–H groups in total. The molecule has 0 saturated heterocycles. The molecule has 0 bridgehead atoms. The van der Waals surface area contributed by atoms with Crippen LogP contribution in [-0.2, 0) is 22.4 Å². The van der Waals surface area contributed by atoms with E-state index in [2.05, 4.69) is 60.3 Å². The summed E-state index contributed by atoms with van der Waals surface area (Å²) in [7, 11) is 1.41. The van der Waals surface area contributed by atoms with E-state index in [1.165, 1.54) is 18.2 Å². The molecule has 2 rings (SSSR count). The van der Waals surface area contributed by atoms with Gasteiger partial charge in [0.25, 0.3) is 0 Å². The third kappa shape index (κ3) is 6.34. The van der Waals surface area contributed by atoms with Gasteiger partial charge in [-0.05, 0) is 37.0 Å². The molecule has 2 aromatic carbocycles. The van der Waals surface area contributed by atoms with E-state index in [4.69, 9.17) is 0 Å². The number of benzene rings is 2. The number of carbonyl (C=O) groups is 1. The van der Waals surface area contributed by atoms with Crippen molar-refractivity contribution in [3.8, 4) is 0 Å². The largest absolute Gasteiger partial charge is 0.469 e. The molecular formula is C20H26ClNO2. The lowest BCUT2D eigenvalue weighted by molar-refractivity contribution is -0.139. The SMILES string of the molecule is COC(=O)Cc1ccc(C[C@@H](C)N[C@H](C)c2ccccc2)cc1.Cl. The van der Waals surface area contributed by atoms with E-state index in [-0.39, 0.29) is 18.4 Å². The van der Waals surface area contributed by atoms with Gasteiger partial charge in [0.15, 0.2) is 0 Å². The number of nitrogens with one attached hydrogen (secondary N) is 1. The van der Waals surface area contributed by atoms with E-state index < -0.39 is 0 Å². The van der Waals surface area contributed by atoms with E-state index in [0.717, 1.165) is 12.0 Å². The fourth-order valence-corrected chi connectivity index (χ4v) is 2.71. The van der Waals surface area contributed by atoms with Crippen LogP contribution in [0.1, 0.15) is 36.6 Å². The summed E-state index contributed by atoms with van der Waals surface area (Å²) in [5.41, 5.74) is 3.55. The van der Waals surface area contributed by atoms with Crippen LogP contribution in [0, 0.1) is 0 Å². The molecule has 0 heterocycles. The van der Waals surface area contributed by atoms with Crippen molar-refractivity contribution in [2.75, 3.05) is 7.11 Å². The number of ether oxygens (including phenoxy) is 1. The molecule has 0 aliphatic heterocycles. The molecule has 0 amide bonds. The van der Waals surface area contributed by atoms with E-state index in [9.17, 15) is 4.79 Å². The molecule has 2 atom stereocenters. The molecule has 0 unspecified atom stereocenters. The van der Waals surface area contributed by atoms with Crippen LogP contribution in [0.4, 0.5) is 0 Å². The van der Waals surface area contributed by atoms with E-state index in [1.807, 2.05) is 18.2 Å². The second-order valence-corrected chi connectivity index (χ2v) is 5.97. The number of hydrogen-bond acceptors (Lipinski definition) is 3. The first kappa shape index (κ1) is 20.2. The van der Waals surface area contributed by atoms with Gasteiger partial charge in [0.2, 0.25) is 0 Å². The van der Waals surface area contributed by atoms with Crippen LogP contribution in [0.2, 0.25) is 0 Å². The predicted molar refractivity (Wildman–Crippen MR) is 101 cm³/mol. The zero-order chi connectivity index (χ0) is 16.7. The van der Waals surface area contributed by atoms with Gasteiger partial charge in [0.1, 0.15) is 0 Å². The summed E-state index contributed by atoms with van der Waals surface area (Å²) in [6.45, 7) is 4.38. The maximum atomic E-state index is 11.3. The highest BCUT2D eigenvalue weighted by Crippen LogP contribution is 2.14. The monoisotopic (exact) mass is 347 g/mol. The number of esters is 1. The molecule has 3 nitrogen and oxygen atoms in total. The van der Waals surface area contributed by atoms with Crippen LogP contribution >= 0.6 is 12.4 Å². The Morgan fingerprint density at radius 2 is 1.58 bits per heavy atom. The molecule has 0 aliphatic carbocycles. The maximum absolute atomic E-state index is 11.3. The number of carbonyl (C=O) groups excluding carboxylic acids is 1. The minimum absolute atomic E-state index is 0. The molecule has 0 aliphatic rings. The predicted octanol–water partition coefficient (Wildman–Crippen LogP) is 4.11. The highest BCUT2D eigenvalue weighted by molar-refractivity contribution is 5.85. The molecule has 0 spiro atoms. The van der Waals surface area contributed by atoms with Gasteiger partial charge in [-0.3, -0.25) is 4.79 Å². The van der Waals surface area contributed by atoms with Crippen molar-refractivity contribution in [3.05, 3.63) is 71.3 Å². The van der Waals surface area contributed by atoms with Gasteiger partial charge in [-0.1, -0.05) is 54.6 Å². The van der Waals surface area contributed by atoms with Crippen LogP contribution < -0.4 is 5.32 Å². The van der Waals surface area contributed by atoms with E-state index in [1.54, 1.807) is 0 Å². The summed E-state index contributed by atoms with van der Waals surface area (Å²) in [5.74, 6) is -0.204. The van der Waals surface area contributed by atoms with Crippen LogP contribution in [-0.4, -0.2) is 19.1 Å². The molecule has 0 saturated carbocycles. The van der Waals surface area contributed by atoms with Gasteiger partial charge in [-0.15, -0.1) is 12.4 Å². The second-order valence-electron chi connectivity index (χ2n) is 5.97. The fourth-order valence-electron chi connectivity index (χ4n) is 2.71. The molecule has 0 aromatic heterocycles. The Labute approximate surface area is 150 Å². The maximum Gasteiger partial charge on any atom is 0.309 e. The zero-order valence-electron chi connectivity index (χ0n) is 14.5. The van der Waals surface area contributed by atoms with Gasteiger partial charge in [-0.25, -0.2) is 0 Å². The summed E-state index contributed by atoms with van der Waals surface area (Å²) in [4.78, 5) is 11.3. The summed E-state index contributed by atoms with van der Waals surface area (Å²) in [6, 6.07) is 19.3. The van der Waals surface area contributed by atoms with Gasteiger partial charge >= 0.3 is 5.97 Å². The average molecular weight is 348 g/mol. The normalized spacial score (nSPS) is 12.8. The Morgan fingerprint density at radius 3 is 2.17 bits per heavy atom. The van der Waals surface area contributed by atoms with Crippen molar-refractivity contribution in [1.29, 1.82) is 0 Å². The Morgan fingerprint density at radius 1 is 1.00 bits per heavy atom. The highest BCUT2D eigenvalue weighted by atomic mass is 35.5. The Balaban J connectivity index is 0.00000288. The minimum atomic E-state index is -0.204. The zero-order valence-corrected chi connectivity index (χ0v) is 15.3. The average Bonchev–Trinajstić information content (AvgIpc) is 2.57. The number of halogens is 1. The summed E-state index contributed by atoms with van der Waals surface area (Å²) in [6.07, 6.45) is 1.28. The lowest BCUT2D eigenvalue weighted by Gasteiger charge is -2.20. The van der Waals surface area contributed by atoms with Crippen molar-refractivity contribution in [3.63, 3.8) is 0 Å². The van der Waals surface area contributed by atoms with E-state index >= 15 is 0 Å². The molecular weight excluding hydrogens is 322 g/mol. The number of methoxy groups -OCH3 is 1. The van der Waals surface area contributed by atoms with Crippen LogP contribution in [0.3, 0.4) is 0 Å². The fraction of sp³-hybridized carbons (Fsp3) is 0.350. The molecule has 0 fully saturated rings. The smallest absolute Gasteiger partial charge is 0.309 e. The van der Waals surface area contributed by atoms with Gasteiger partial charge in [0.05, 0.1) is 13.5 Å². The first-order chi connectivity index (χ1) is 11.1. The van der Waals surface area contributed by atoms with Gasteiger partial charge in [0, 0.05) is 12.1 Å². The highest BCUT2D eigenvalue weighted by Gasteiger charge is 2.10. The molecule has 4 heteroatoms. The van der Waals surface area contributed by atoms with E-state index in [0.29, 0.717) is 18.5 Å². The Bertz CT molecular complexity index is 613. The third-order valence-corrected chi connectivity index (χ3v) is 3.98. The lowest BCUT2D eigenvalue weighted by Crippen LogP contribution is -2.30. The van der Waals surface area contributed by atoms with Crippen molar-refractivity contribution in [1.82, 2.24) is 5.32 Å². The Kier molecular flexibility index (Phi) is 8.51. The topological polar surface area (TPSA) is 38.3 Å². The first-order valence-corrected chi connectivity index (χ1v) is 8.04. The molecule has 2 aromatic rings. The summed E-state index contributed by atoms with van der Waals surface area (Å²) >= 11 is 0. The quantitative estimate of drug-likeness (QED) is 0.766. The minimum Gasteiger partial charge on any atom is -0.469 e. The standard InChI is InChI=1S/C20H25NO2.ClH/c1-15(21-16(2)19-7-5-4-6-8-19)13-17-9-11-18(12-10-17)14-20(22)23-3;/h4-12,15-16,21H,13-14H2,1-3H3;1H/t15-,16-;/m1./s1. The van der Waals surface area contributed by atoms with Gasteiger partial charge in [-0.2, -0.15) is 0 Å². The molecule has 130 valence electrons. The van der Waals surface area contributed by atoms with Gasteiger partial charge < -0.3 is 10.1 Å². The van der Waals surface area contributed by atoms with Crippen LogP contribution in [0.15, 0.2) is 54.6 Å². The van der Waals surface area contributed by atoms with Crippen LogP contribution in [0.5, 0.6) is 0 Å². The summed E-state index contributed by atoms with van der Waals surface area (Å²) in [5, 5.41) is 3.63. The van der Waals surface area contributed by atoms with Crippen molar-refractivity contribution < 1.29 is 9.53 Å². The first-order valence-electron chi connectivity index (χ1n) is 8.04. The second kappa shape index (κ2) is 10.1. The number of hydrogen-bond donors (Lipinski definition) is 1.